The van der Waals surface area contributed by atoms with Crippen LogP contribution in [0, 0.1) is 0 Å². The van der Waals surface area contributed by atoms with Gasteiger partial charge in [0.05, 0.1) is 30.1 Å². The van der Waals surface area contributed by atoms with Crippen LogP contribution in [-0.4, -0.2) is 39.3 Å². The van der Waals surface area contributed by atoms with Gasteiger partial charge in [0.25, 0.3) is 5.56 Å². The number of hydrogen-bond acceptors (Lipinski definition) is 5. The normalized spacial score (nSPS) is 22.6. The highest BCUT2D eigenvalue weighted by atomic mass is 32.2. The molecule has 0 spiro atoms. The predicted molar refractivity (Wildman–Crippen MR) is 65.1 cm³/mol. The fourth-order valence-electron chi connectivity index (χ4n) is 2.25. The molecule has 0 N–H and O–H groups in total. The van der Waals surface area contributed by atoms with Crippen LogP contribution in [0.25, 0.3) is 11.0 Å². The SMILES string of the molecule is Cn1cnc2c(cnn2C2CCS(=O)(=O)C2)c1=O. The van der Waals surface area contributed by atoms with Gasteiger partial charge in [-0.25, -0.2) is 18.1 Å². The first-order chi connectivity index (χ1) is 8.48. The largest absolute Gasteiger partial charge is 0.302 e. The molecule has 0 aromatic carbocycles. The van der Waals surface area contributed by atoms with Gasteiger partial charge in [-0.1, -0.05) is 0 Å². The molecule has 0 aliphatic carbocycles. The molecule has 18 heavy (non-hydrogen) atoms. The number of fused-ring (bicyclic) bond motifs is 1. The molecule has 1 fully saturated rings. The van der Waals surface area contributed by atoms with Crippen molar-refractivity contribution in [2.45, 2.75) is 12.5 Å². The van der Waals surface area contributed by atoms with E-state index in [-0.39, 0.29) is 23.1 Å². The van der Waals surface area contributed by atoms with Crippen LogP contribution in [0.3, 0.4) is 0 Å². The Morgan fingerprint density at radius 2 is 2.22 bits per heavy atom. The summed E-state index contributed by atoms with van der Waals surface area (Å²) in [6.45, 7) is 0. The van der Waals surface area contributed by atoms with Gasteiger partial charge in [0.1, 0.15) is 5.39 Å². The number of nitrogens with zero attached hydrogens (tertiary/aromatic N) is 4. The minimum atomic E-state index is -2.98. The maximum Gasteiger partial charge on any atom is 0.264 e. The lowest BCUT2D eigenvalue weighted by molar-refractivity contribution is 0.511. The highest BCUT2D eigenvalue weighted by Gasteiger charge is 2.31. The van der Waals surface area contributed by atoms with E-state index in [2.05, 4.69) is 10.1 Å². The Labute approximate surface area is 103 Å². The zero-order valence-electron chi connectivity index (χ0n) is 9.78. The topological polar surface area (TPSA) is 86.8 Å². The second-order valence-electron chi connectivity index (χ2n) is 4.54. The third-order valence-corrected chi connectivity index (χ3v) is 4.98. The van der Waals surface area contributed by atoms with Crippen molar-refractivity contribution in [3.63, 3.8) is 0 Å². The van der Waals surface area contributed by atoms with Crippen molar-refractivity contribution in [2.75, 3.05) is 11.5 Å². The zero-order chi connectivity index (χ0) is 12.9. The van der Waals surface area contributed by atoms with E-state index in [9.17, 15) is 13.2 Å². The summed E-state index contributed by atoms with van der Waals surface area (Å²) < 4.78 is 25.9. The number of sulfone groups is 1. The summed E-state index contributed by atoms with van der Waals surface area (Å²) in [6.07, 6.45) is 3.40. The first kappa shape index (κ1) is 11.4. The van der Waals surface area contributed by atoms with E-state index in [0.717, 1.165) is 0 Å². The molecule has 1 atom stereocenters. The van der Waals surface area contributed by atoms with Gasteiger partial charge in [0, 0.05) is 7.05 Å². The van der Waals surface area contributed by atoms with Gasteiger partial charge in [0.2, 0.25) is 0 Å². The first-order valence-electron chi connectivity index (χ1n) is 5.57. The third-order valence-electron chi connectivity index (χ3n) is 3.23. The molecule has 3 heterocycles. The molecule has 3 rings (SSSR count). The Bertz CT molecular complexity index is 774. The van der Waals surface area contributed by atoms with E-state index in [0.29, 0.717) is 17.5 Å². The maximum absolute atomic E-state index is 11.8. The molecule has 1 aliphatic heterocycles. The van der Waals surface area contributed by atoms with Crippen molar-refractivity contribution < 1.29 is 8.42 Å². The molecule has 0 amide bonds. The summed E-state index contributed by atoms with van der Waals surface area (Å²) in [4.78, 5) is 16.0. The monoisotopic (exact) mass is 268 g/mol. The maximum atomic E-state index is 11.8. The molecule has 0 bridgehead atoms. The molecule has 2 aromatic heterocycles. The fourth-order valence-corrected chi connectivity index (χ4v) is 3.95. The van der Waals surface area contributed by atoms with Crippen LogP contribution in [0.4, 0.5) is 0 Å². The molecular formula is C10H12N4O3S. The molecule has 1 saturated heterocycles. The standard InChI is InChI=1S/C10H12N4O3S/c1-13-6-11-9-8(10(13)15)4-12-14(9)7-2-3-18(16,17)5-7/h4,6-7H,2-3,5H2,1H3. The molecule has 1 unspecified atom stereocenters. The van der Waals surface area contributed by atoms with Crippen LogP contribution >= 0.6 is 0 Å². The Morgan fingerprint density at radius 1 is 1.44 bits per heavy atom. The van der Waals surface area contributed by atoms with Crippen LogP contribution in [0.1, 0.15) is 12.5 Å². The Kier molecular flexibility index (Phi) is 2.31. The van der Waals surface area contributed by atoms with Gasteiger partial charge in [-0.15, -0.1) is 0 Å². The third kappa shape index (κ3) is 1.64. The van der Waals surface area contributed by atoms with Gasteiger partial charge < -0.3 is 4.57 Å². The molecule has 8 heteroatoms. The van der Waals surface area contributed by atoms with Crippen LogP contribution in [0.15, 0.2) is 17.3 Å². The lowest BCUT2D eigenvalue weighted by Crippen LogP contribution is -2.18. The average molecular weight is 268 g/mol. The summed E-state index contributed by atoms with van der Waals surface area (Å²) in [5.74, 6) is 0.241. The summed E-state index contributed by atoms with van der Waals surface area (Å²) >= 11 is 0. The summed E-state index contributed by atoms with van der Waals surface area (Å²) in [5, 5.41) is 4.54. The number of hydrogen-bond donors (Lipinski definition) is 0. The highest BCUT2D eigenvalue weighted by molar-refractivity contribution is 7.91. The summed E-state index contributed by atoms with van der Waals surface area (Å²) in [6, 6.07) is -0.216. The lowest BCUT2D eigenvalue weighted by Gasteiger charge is -2.08. The first-order valence-corrected chi connectivity index (χ1v) is 7.39. The quantitative estimate of drug-likeness (QED) is 0.695. The van der Waals surface area contributed by atoms with E-state index in [1.165, 1.54) is 17.1 Å². The van der Waals surface area contributed by atoms with Crippen LogP contribution < -0.4 is 5.56 Å². The Balaban J connectivity index is 2.15. The molecular weight excluding hydrogens is 256 g/mol. The summed E-state index contributed by atoms with van der Waals surface area (Å²) in [7, 11) is -1.36. The van der Waals surface area contributed by atoms with Crippen molar-refractivity contribution in [1.29, 1.82) is 0 Å². The van der Waals surface area contributed by atoms with E-state index in [4.69, 9.17) is 0 Å². The highest BCUT2D eigenvalue weighted by Crippen LogP contribution is 2.24. The van der Waals surface area contributed by atoms with Gasteiger partial charge in [-0.2, -0.15) is 5.10 Å². The van der Waals surface area contributed by atoms with Gasteiger partial charge in [-0.3, -0.25) is 4.79 Å². The van der Waals surface area contributed by atoms with Crippen LogP contribution in [0.5, 0.6) is 0 Å². The minimum absolute atomic E-state index is 0.0701. The van der Waals surface area contributed by atoms with Crippen molar-refractivity contribution in [3.05, 3.63) is 22.9 Å². The van der Waals surface area contributed by atoms with Gasteiger partial charge in [0.15, 0.2) is 15.5 Å². The molecule has 96 valence electrons. The molecule has 2 aromatic rings. The molecule has 0 saturated carbocycles. The molecule has 7 nitrogen and oxygen atoms in total. The number of aryl methyl sites for hydroxylation is 1. The lowest BCUT2D eigenvalue weighted by atomic mass is 10.3. The van der Waals surface area contributed by atoms with Crippen LogP contribution in [-0.2, 0) is 16.9 Å². The van der Waals surface area contributed by atoms with E-state index in [1.807, 2.05) is 0 Å². The van der Waals surface area contributed by atoms with Crippen molar-refractivity contribution in [2.24, 2.45) is 7.05 Å². The average Bonchev–Trinajstić information content (AvgIpc) is 2.87. The van der Waals surface area contributed by atoms with E-state index in [1.54, 1.807) is 11.7 Å². The van der Waals surface area contributed by atoms with Crippen molar-refractivity contribution in [3.8, 4) is 0 Å². The second kappa shape index (κ2) is 3.64. The van der Waals surface area contributed by atoms with E-state index < -0.39 is 9.84 Å². The summed E-state index contributed by atoms with van der Waals surface area (Å²) in [5.41, 5.74) is 0.285. The van der Waals surface area contributed by atoms with E-state index >= 15 is 0 Å². The minimum Gasteiger partial charge on any atom is -0.302 e. The number of aromatic nitrogens is 4. The van der Waals surface area contributed by atoms with Gasteiger partial charge in [-0.05, 0) is 6.42 Å². The van der Waals surface area contributed by atoms with Gasteiger partial charge >= 0.3 is 0 Å². The Hall–Kier alpha value is -1.70. The smallest absolute Gasteiger partial charge is 0.264 e. The fraction of sp³-hybridized carbons (Fsp3) is 0.500. The van der Waals surface area contributed by atoms with Crippen molar-refractivity contribution in [1.82, 2.24) is 19.3 Å². The molecule has 1 aliphatic rings. The zero-order valence-corrected chi connectivity index (χ0v) is 10.6. The number of rotatable bonds is 1. The Morgan fingerprint density at radius 3 is 2.89 bits per heavy atom. The van der Waals surface area contributed by atoms with Crippen LogP contribution in [0.2, 0.25) is 0 Å². The van der Waals surface area contributed by atoms with Crippen molar-refractivity contribution >= 4 is 20.9 Å². The second-order valence-corrected chi connectivity index (χ2v) is 6.77. The predicted octanol–water partition coefficient (Wildman–Crippen LogP) is -0.510. The molecule has 0 radical (unpaired) electrons.